The minimum Gasteiger partial charge on any atom is -0.339 e. The topological polar surface area (TPSA) is 101 Å². The first-order chi connectivity index (χ1) is 13.4. The van der Waals surface area contributed by atoms with Crippen molar-refractivity contribution in [1.82, 2.24) is 10.2 Å². The van der Waals surface area contributed by atoms with E-state index in [1.165, 1.54) is 19.9 Å². The number of amides is 1. The molecule has 2 aromatic carbocycles. The van der Waals surface area contributed by atoms with Crippen molar-refractivity contribution in [3.63, 3.8) is 0 Å². The van der Waals surface area contributed by atoms with Crippen LogP contribution < -0.4 is 10.6 Å². The molecule has 7 nitrogen and oxygen atoms in total. The number of nitrogens with one attached hydrogen (secondary N) is 2. The molecule has 140 valence electrons. The van der Waals surface area contributed by atoms with Crippen LogP contribution >= 0.6 is 0 Å². The van der Waals surface area contributed by atoms with Crippen molar-refractivity contribution in [2.45, 2.75) is 13.8 Å². The maximum atomic E-state index is 12.3. The normalized spacial score (nSPS) is 10.2. The van der Waals surface area contributed by atoms with Crippen molar-refractivity contribution >= 4 is 34.7 Å². The molecule has 1 heterocycles. The second kappa shape index (κ2) is 8.22. The fourth-order valence-electron chi connectivity index (χ4n) is 2.49. The highest BCUT2D eigenvalue weighted by Crippen LogP contribution is 2.17. The number of rotatable bonds is 6. The molecule has 0 aliphatic rings. The van der Waals surface area contributed by atoms with Gasteiger partial charge in [0.25, 0.3) is 5.91 Å². The van der Waals surface area contributed by atoms with Gasteiger partial charge in [0.2, 0.25) is 0 Å². The highest BCUT2D eigenvalue weighted by molar-refractivity contribution is 6.04. The molecule has 0 aliphatic heterocycles. The van der Waals surface area contributed by atoms with Crippen LogP contribution in [0.4, 0.5) is 17.2 Å². The first kappa shape index (κ1) is 18.9. The standard InChI is InChI=1S/C21H18N4O3/c1-13(26)15-5-3-7-17(11-15)22-20-10-9-19(24-25-20)21(28)23-18-8-4-6-16(12-18)14(2)27/h3-12H,1-2H3,(H,22,25)(H,23,28). The predicted octanol–water partition coefficient (Wildman–Crippen LogP) is 3.88. The Morgan fingerprint density at radius 1 is 0.750 bits per heavy atom. The molecule has 7 heteroatoms. The lowest BCUT2D eigenvalue weighted by molar-refractivity contribution is 0.100. The summed E-state index contributed by atoms with van der Waals surface area (Å²) in [6, 6.07) is 16.8. The van der Waals surface area contributed by atoms with Gasteiger partial charge in [-0.05, 0) is 50.2 Å². The van der Waals surface area contributed by atoms with Gasteiger partial charge in [-0.3, -0.25) is 14.4 Å². The Hall–Kier alpha value is -3.87. The molecule has 1 amide bonds. The number of benzene rings is 2. The van der Waals surface area contributed by atoms with Crippen molar-refractivity contribution in [3.05, 3.63) is 77.5 Å². The Kier molecular flexibility index (Phi) is 5.55. The summed E-state index contributed by atoms with van der Waals surface area (Å²) in [4.78, 5) is 35.2. The summed E-state index contributed by atoms with van der Waals surface area (Å²) >= 11 is 0. The van der Waals surface area contributed by atoms with Gasteiger partial charge in [0.1, 0.15) is 0 Å². The molecule has 0 atom stereocenters. The predicted molar refractivity (Wildman–Crippen MR) is 106 cm³/mol. The summed E-state index contributed by atoms with van der Waals surface area (Å²) in [6.45, 7) is 2.96. The molecule has 1 aromatic heterocycles. The summed E-state index contributed by atoms with van der Waals surface area (Å²) in [5.41, 5.74) is 2.43. The highest BCUT2D eigenvalue weighted by atomic mass is 16.2. The van der Waals surface area contributed by atoms with E-state index in [0.717, 1.165) is 0 Å². The SMILES string of the molecule is CC(=O)c1cccc(NC(=O)c2ccc(Nc3cccc(C(C)=O)c3)nn2)c1. The summed E-state index contributed by atoms with van der Waals surface area (Å²) in [6.07, 6.45) is 0. The van der Waals surface area contributed by atoms with E-state index in [1.807, 2.05) is 0 Å². The minimum absolute atomic E-state index is 0.0319. The first-order valence-electron chi connectivity index (χ1n) is 8.56. The van der Waals surface area contributed by atoms with Crippen molar-refractivity contribution in [3.8, 4) is 0 Å². The number of anilines is 3. The molecule has 0 aliphatic carbocycles. The van der Waals surface area contributed by atoms with Crippen LogP contribution in [0.1, 0.15) is 45.1 Å². The Balaban J connectivity index is 1.69. The molecule has 0 fully saturated rings. The van der Waals surface area contributed by atoms with E-state index in [0.29, 0.717) is 28.3 Å². The van der Waals surface area contributed by atoms with Crippen LogP contribution in [0, 0.1) is 0 Å². The van der Waals surface area contributed by atoms with Gasteiger partial charge in [0, 0.05) is 22.5 Å². The molecule has 0 unspecified atom stereocenters. The minimum atomic E-state index is -0.432. The number of hydrogen-bond donors (Lipinski definition) is 2. The van der Waals surface area contributed by atoms with E-state index < -0.39 is 5.91 Å². The molecular formula is C21H18N4O3. The van der Waals surface area contributed by atoms with Gasteiger partial charge in [-0.15, -0.1) is 10.2 Å². The van der Waals surface area contributed by atoms with Crippen molar-refractivity contribution in [2.24, 2.45) is 0 Å². The number of nitrogens with zero attached hydrogens (tertiary/aromatic N) is 2. The van der Waals surface area contributed by atoms with Crippen molar-refractivity contribution in [2.75, 3.05) is 10.6 Å². The fourth-order valence-corrected chi connectivity index (χ4v) is 2.49. The average Bonchev–Trinajstić information content (AvgIpc) is 2.69. The zero-order chi connectivity index (χ0) is 20.1. The molecule has 28 heavy (non-hydrogen) atoms. The average molecular weight is 374 g/mol. The van der Waals surface area contributed by atoms with Crippen molar-refractivity contribution in [1.29, 1.82) is 0 Å². The largest absolute Gasteiger partial charge is 0.339 e. The number of hydrogen-bond acceptors (Lipinski definition) is 6. The van der Waals surface area contributed by atoms with E-state index in [2.05, 4.69) is 20.8 Å². The van der Waals surface area contributed by atoms with Gasteiger partial charge >= 0.3 is 0 Å². The second-order valence-corrected chi connectivity index (χ2v) is 6.16. The van der Waals surface area contributed by atoms with Gasteiger partial charge in [-0.25, -0.2) is 0 Å². The molecular weight excluding hydrogens is 356 g/mol. The molecule has 2 N–H and O–H groups in total. The van der Waals surface area contributed by atoms with E-state index in [9.17, 15) is 14.4 Å². The Morgan fingerprint density at radius 2 is 1.36 bits per heavy atom. The molecule has 0 saturated heterocycles. The maximum Gasteiger partial charge on any atom is 0.276 e. The van der Waals surface area contributed by atoms with E-state index in [-0.39, 0.29) is 17.3 Å². The van der Waals surface area contributed by atoms with Crippen LogP contribution in [0.15, 0.2) is 60.7 Å². The van der Waals surface area contributed by atoms with Gasteiger partial charge in [0.15, 0.2) is 23.1 Å². The Morgan fingerprint density at radius 3 is 1.93 bits per heavy atom. The van der Waals surface area contributed by atoms with Crippen LogP contribution in [0.3, 0.4) is 0 Å². The summed E-state index contributed by atoms with van der Waals surface area (Å²) in [5.74, 6) is -0.107. The van der Waals surface area contributed by atoms with E-state index in [1.54, 1.807) is 54.6 Å². The quantitative estimate of drug-likeness (QED) is 0.635. The first-order valence-corrected chi connectivity index (χ1v) is 8.56. The molecule has 0 spiro atoms. The third-order valence-electron chi connectivity index (χ3n) is 3.97. The molecule has 0 bridgehead atoms. The van der Waals surface area contributed by atoms with Gasteiger partial charge in [-0.2, -0.15) is 0 Å². The maximum absolute atomic E-state index is 12.3. The lowest BCUT2D eigenvalue weighted by Crippen LogP contribution is -2.15. The summed E-state index contributed by atoms with van der Waals surface area (Å²) in [5, 5.41) is 13.7. The lowest BCUT2D eigenvalue weighted by Gasteiger charge is -2.08. The summed E-state index contributed by atoms with van der Waals surface area (Å²) < 4.78 is 0. The Bertz CT molecular complexity index is 1050. The lowest BCUT2D eigenvalue weighted by atomic mass is 10.1. The molecule has 3 rings (SSSR count). The van der Waals surface area contributed by atoms with Crippen LogP contribution in [0.5, 0.6) is 0 Å². The smallest absolute Gasteiger partial charge is 0.276 e. The number of carbonyl (C=O) groups excluding carboxylic acids is 3. The number of carbonyl (C=O) groups is 3. The van der Waals surface area contributed by atoms with E-state index in [4.69, 9.17) is 0 Å². The molecule has 3 aromatic rings. The van der Waals surface area contributed by atoms with Gasteiger partial charge in [-0.1, -0.05) is 24.3 Å². The third kappa shape index (κ3) is 4.64. The Labute approximate surface area is 161 Å². The number of Topliss-reactive ketones (excluding diaryl/α,β-unsaturated/α-hetero) is 2. The number of ketones is 2. The zero-order valence-corrected chi connectivity index (χ0v) is 15.4. The van der Waals surface area contributed by atoms with E-state index >= 15 is 0 Å². The summed E-state index contributed by atoms with van der Waals surface area (Å²) in [7, 11) is 0. The number of aromatic nitrogens is 2. The van der Waals surface area contributed by atoms with Crippen LogP contribution in [-0.2, 0) is 0 Å². The highest BCUT2D eigenvalue weighted by Gasteiger charge is 2.10. The van der Waals surface area contributed by atoms with Crippen LogP contribution in [0.25, 0.3) is 0 Å². The van der Waals surface area contributed by atoms with Crippen molar-refractivity contribution < 1.29 is 14.4 Å². The van der Waals surface area contributed by atoms with Gasteiger partial charge in [0.05, 0.1) is 0 Å². The molecule has 0 radical (unpaired) electrons. The van der Waals surface area contributed by atoms with Crippen LogP contribution in [0.2, 0.25) is 0 Å². The molecule has 0 saturated carbocycles. The second-order valence-electron chi connectivity index (χ2n) is 6.16. The zero-order valence-electron chi connectivity index (χ0n) is 15.4. The van der Waals surface area contributed by atoms with Crippen LogP contribution in [-0.4, -0.2) is 27.7 Å². The monoisotopic (exact) mass is 374 g/mol. The fraction of sp³-hybridized carbons (Fsp3) is 0.0952. The third-order valence-corrected chi connectivity index (χ3v) is 3.97. The van der Waals surface area contributed by atoms with Gasteiger partial charge < -0.3 is 10.6 Å².